The van der Waals surface area contributed by atoms with Crippen LogP contribution in [0.15, 0.2) is 24.3 Å². The maximum atomic E-state index is 12.2. The van der Waals surface area contributed by atoms with E-state index in [4.69, 9.17) is 4.74 Å². The van der Waals surface area contributed by atoms with E-state index < -0.39 is 12.8 Å². The summed E-state index contributed by atoms with van der Waals surface area (Å²) in [6.07, 6.45) is -4.14. The number of hydrogen-bond donors (Lipinski definition) is 2. The Bertz CT molecular complexity index is 511. The van der Waals surface area contributed by atoms with Gasteiger partial charge in [0.25, 0.3) is 0 Å². The van der Waals surface area contributed by atoms with Crippen molar-refractivity contribution in [1.29, 1.82) is 0 Å². The van der Waals surface area contributed by atoms with Crippen LogP contribution in [0.2, 0.25) is 0 Å². The smallest absolute Gasteiger partial charge is 0.422 e. The Balaban J connectivity index is 0.00000264. The lowest BCUT2D eigenvalue weighted by Crippen LogP contribution is -2.39. The summed E-state index contributed by atoms with van der Waals surface area (Å²) in [5.41, 5.74) is 0.250. The van der Waals surface area contributed by atoms with Gasteiger partial charge >= 0.3 is 6.18 Å². The molecule has 1 aliphatic rings. The molecule has 9 heteroatoms. The Labute approximate surface area is 142 Å². The van der Waals surface area contributed by atoms with Crippen LogP contribution < -0.4 is 15.4 Å². The van der Waals surface area contributed by atoms with E-state index in [1.165, 1.54) is 12.1 Å². The molecule has 0 saturated carbocycles. The first-order chi connectivity index (χ1) is 10.4. The highest BCUT2D eigenvalue weighted by Gasteiger charge is 2.29. The number of ether oxygens (including phenoxy) is 1. The SMILES string of the molecule is Cl.O=C(CC1CSCCN1)Nc1ccccc1OCC(F)(F)F. The molecule has 0 radical (unpaired) electrons. The molecule has 1 unspecified atom stereocenters. The molecular formula is C14H18ClF3N2O2S. The minimum absolute atomic E-state index is 0. The topological polar surface area (TPSA) is 50.4 Å². The summed E-state index contributed by atoms with van der Waals surface area (Å²) in [5.74, 6) is 1.63. The Hall–Kier alpha value is -1.12. The van der Waals surface area contributed by atoms with Gasteiger partial charge in [-0.25, -0.2) is 0 Å². The van der Waals surface area contributed by atoms with Crippen molar-refractivity contribution >= 4 is 35.8 Å². The first-order valence-electron chi connectivity index (χ1n) is 6.83. The molecule has 0 aliphatic carbocycles. The first-order valence-corrected chi connectivity index (χ1v) is 7.99. The van der Waals surface area contributed by atoms with Crippen LogP contribution in [-0.4, -0.2) is 42.8 Å². The van der Waals surface area contributed by atoms with Crippen LogP contribution in [0, 0.1) is 0 Å². The molecule has 1 fully saturated rings. The van der Waals surface area contributed by atoms with Crippen LogP contribution >= 0.6 is 24.2 Å². The summed E-state index contributed by atoms with van der Waals surface area (Å²) in [6.45, 7) is -0.533. The molecule has 0 spiro atoms. The summed E-state index contributed by atoms with van der Waals surface area (Å²) in [7, 11) is 0. The predicted molar refractivity (Wildman–Crippen MR) is 87.6 cm³/mol. The number of benzene rings is 1. The van der Waals surface area contributed by atoms with Gasteiger partial charge in [0.1, 0.15) is 5.75 Å². The Morgan fingerprint density at radius 1 is 1.39 bits per heavy atom. The van der Waals surface area contributed by atoms with E-state index >= 15 is 0 Å². The molecule has 2 N–H and O–H groups in total. The van der Waals surface area contributed by atoms with Gasteiger partial charge in [-0.05, 0) is 12.1 Å². The summed E-state index contributed by atoms with van der Waals surface area (Å²) in [4.78, 5) is 12.0. The van der Waals surface area contributed by atoms with Crippen LogP contribution in [0.1, 0.15) is 6.42 Å². The number of para-hydroxylation sites is 2. The van der Waals surface area contributed by atoms with Crippen LogP contribution in [0.3, 0.4) is 0 Å². The maximum absolute atomic E-state index is 12.2. The lowest BCUT2D eigenvalue weighted by Gasteiger charge is -2.22. The Morgan fingerprint density at radius 2 is 2.13 bits per heavy atom. The number of amides is 1. The molecule has 130 valence electrons. The molecule has 1 heterocycles. The van der Waals surface area contributed by atoms with Gasteiger partial charge in [-0.1, -0.05) is 12.1 Å². The lowest BCUT2D eigenvalue weighted by molar-refractivity contribution is -0.153. The summed E-state index contributed by atoms with van der Waals surface area (Å²) in [6, 6.07) is 6.19. The molecule has 1 aliphatic heterocycles. The molecule has 2 rings (SSSR count). The second-order valence-corrected chi connectivity index (χ2v) is 6.03. The molecule has 1 atom stereocenters. The van der Waals surface area contributed by atoms with E-state index in [-0.39, 0.29) is 42.2 Å². The number of thioether (sulfide) groups is 1. The van der Waals surface area contributed by atoms with E-state index in [1.807, 2.05) is 0 Å². The number of hydrogen-bond acceptors (Lipinski definition) is 4. The number of alkyl halides is 3. The van der Waals surface area contributed by atoms with Gasteiger partial charge in [0.15, 0.2) is 6.61 Å². The largest absolute Gasteiger partial charge is 0.482 e. The second kappa shape index (κ2) is 9.24. The van der Waals surface area contributed by atoms with Gasteiger partial charge in [0.05, 0.1) is 5.69 Å². The molecule has 1 amide bonds. The van der Waals surface area contributed by atoms with E-state index in [1.54, 1.807) is 23.9 Å². The highest BCUT2D eigenvalue weighted by molar-refractivity contribution is 7.99. The third kappa shape index (κ3) is 7.32. The van der Waals surface area contributed by atoms with Gasteiger partial charge < -0.3 is 15.4 Å². The minimum Gasteiger partial charge on any atom is -0.482 e. The Morgan fingerprint density at radius 3 is 2.78 bits per heavy atom. The van der Waals surface area contributed by atoms with Crippen molar-refractivity contribution in [3.05, 3.63) is 24.3 Å². The summed E-state index contributed by atoms with van der Waals surface area (Å²) in [5, 5.41) is 5.85. The molecule has 1 aromatic rings. The maximum Gasteiger partial charge on any atom is 0.422 e. The number of halogens is 4. The number of anilines is 1. The van der Waals surface area contributed by atoms with Crippen molar-refractivity contribution in [1.82, 2.24) is 5.32 Å². The molecule has 1 saturated heterocycles. The zero-order valence-electron chi connectivity index (χ0n) is 12.2. The van der Waals surface area contributed by atoms with E-state index in [0.29, 0.717) is 0 Å². The fraction of sp³-hybridized carbons (Fsp3) is 0.500. The van der Waals surface area contributed by atoms with Crippen LogP contribution in [-0.2, 0) is 4.79 Å². The van der Waals surface area contributed by atoms with Crippen molar-refractivity contribution in [3.8, 4) is 5.75 Å². The molecular weight excluding hydrogens is 353 g/mol. The summed E-state index contributed by atoms with van der Waals surface area (Å²) < 4.78 is 41.4. The van der Waals surface area contributed by atoms with Gasteiger partial charge in [-0.3, -0.25) is 4.79 Å². The summed E-state index contributed by atoms with van der Waals surface area (Å²) >= 11 is 1.77. The van der Waals surface area contributed by atoms with E-state index in [2.05, 4.69) is 10.6 Å². The van der Waals surface area contributed by atoms with Crippen molar-refractivity contribution < 1.29 is 22.7 Å². The van der Waals surface area contributed by atoms with Crippen LogP contribution in [0.25, 0.3) is 0 Å². The van der Waals surface area contributed by atoms with Crippen LogP contribution in [0.4, 0.5) is 18.9 Å². The molecule has 23 heavy (non-hydrogen) atoms. The zero-order valence-corrected chi connectivity index (χ0v) is 13.8. The number of carbonyl (C=O) groups is 1. The molecule has 1 aromatic carbocycles. The zero-order chi connectivity index (χ0) is 16.0. The number of carbonyl (C=O) groups excluding carboxylic acids is 1. The monoisotopic (exact) mass is 370 g/mol. The van der Waals surface area contributed by atoms with Crippen LogP contribution in [0.5, 0.6) is 5.75 Å². The quantitative estimate of drug-likeness (QED) is 0.836. The first kappa shape index (κ1) is 19.9. The Kier molecular flexibility index (Phi) is 8.01. The second-order valence-electron chi connectivity index (χ2n) is 4.88. The van der Waals surface area contributed by atoms with Crippen molar-refractivity contribution in [3.63, 3.8) is 0 Å². The van der Waals surface area contributed by atoms with Gasteiger partial charge in [-0.15, -0.1) is 12.4 Å². The predicted octanol–water partition coefficient (Wildman–Crippen LogP) is 3.08. The third-order valence-electron chi connectivity index (χ3n) is 2.98. The van der Waals surface area contributed by atoms with E-state index in [9.17, 15) is 18.0 Å². The normalized spacial score (nSPS) is 18.0. The van der Waals surface area contributed by atoms with Gasteiger partial charge in [-0.2, -0.15) is 24.9 Å². The third-order valence-corrected chi connectivity index (χ3v) is 4.11. The molecule has 4 nitrogen and oxygen atoms in total. The minimum atomic E-state index is -4.42. The average Bonchev–Trinajstić information content (AvgIpc) is 2.46. The fourth-order valence-electron chi connectivity index (χ4n) is 2.03. The van der Waals surface area contributed by atoms with E-state index in [0.717, 1.165) is 18.1 Å². The highest BCUT2D eigenvalue weighted by atomic mass is 35.5. The van der Waals surface area contributed by atoms with Gasteiger partial charge in [0, 0.05) is 30.5 Å². The van der Waals surface area contributed by atoms with Crippen molar-refractivity contribution in [2.75, 3.05) is 30.0 Å². The standard InChI is InChI=1S/C14H17F3N2O2S.ClH/c15-14(16,17)9-21-12-4-2-1-3-11(12)19-13(20)7-10-8-22-6-5-18-10;/h1-4,10,18H,5-9H2,(H,19,20);1H. The number of rotatable bonds is 5. The molecule has 0 aromatic heterocycles. The molecule has 0 bridgehead atoms. The number of nitrogens with one attached hydrogen (secondary N) is 2. The van der Waals surface area contributed by atoms with Crippen molar-refractivity contribution in [2.45, 2.75) is 18.6 Å². The fourth-order valence-corrected chi connectivity index (χ4v) is 2.98. The average molecular weight is 371 g/mol. The van der Waals surface area contributed by atoms with Gasteiger partial charge in [0.2, 0.25) is 5.91 Å². The highest BCUT2D eigenvalue weighted by Crippen LogP contribution is 2.26. The van der Waals surface area contributed by atoms with Crippen molar-refractivity contribution in [2.24, 2.45) is 0 Å². The lowest BCUT2D eigenvalue weighted by atomic mass is 10.2.